The van der Waals surface area contributed by atoms with Gasteiger partial charge in [0, 0.05) is 35.7 Å². The van der Waals surface area contributed by atoms with E-state index < -0.39 is 5.97 Å². The quantitative estimate of drug-likeness (QED) is 0.213. The van der Waals surface area contributed by atoms with Crippen LogP contribution in [0, 0.1) is 5.92 Å². The van der Waals surface area contributed by atoms with E-state index in [1.54, 1.807) is 31.6 Å². The van der Waals surface area contributed by atoms with Crippen molar-refractivity contribution in [1.82, 2.24) is 0 Å². The van der Waals surface area contributed by atoms with Gasteiger partial charge in [0.25, 0.3) is 0 Å². The van der Waals surface area contributed by atoms with Crippen LogP contribution in [0.25, 0.3) is 22.1 Å². The van der Waals surface area contributed by atoms with Crippen LogP contribution in [0.3, 0.4) is 0 Å². The lowest BCUT2D eigenvalue weighted by atomic mass is 9.99. The van der Waals surface area contributed by atoms with Crippen molar-refractivity contribution in [1.29, 1.82) is 0 Å². The second-order valence-electron chi connectivity index (χ2n) is 9.93. The van der Waals surface area contributed by atoms with Gasteiger partial charge in [0.2, 0.25) is 0 Å². The Morgan fingerprint density at radius 3 is 2.68 bits per heavy atom. The van der Waals surface area contributed by atoms with Gasteiger partial charge in [-0.2, -0.15) is 0 Å². The van der Waals surface area contributed by atoms with Gasteiger partial charge in [0.05, 0.1) is 25.5 Å². The molecule has 198 valence electrons. The molecule has 4 N–H and O–H groups in total. The zero-order valence-electron chi connectivity index (χ0n) is 21.7. The summed E-state index contributed by atoms with van der Waals surface area (Å²) in [5, 5.41) is 13.9. The van der Waals surface area contributed by atoms with Gasteiger partial charge in [-0.05, 0) is 59.7 Å². The van der Waals surface area contributed by atoms with E-state index in [2.05, 4.69) is 29.6 Å². The summed E-state index contributed by atoms with van der Waals surface area (Å²) in [4.78, 5) is 11.4. The highest BCUT2D eigenvalue weighted by Crippen LogP contribution is 2.36. The number of nitrogens with one attached hydrogen (secondary N) is 1. The number of methoxy groups -OCH3 is 1. The first-order valence-electron chi connectivity index (χ1n) is 13.1. The second-order valence-corrected chi connectivity index (χ2v) is 9.93. The Kier molecular flexibility index (Phi) is 7.84. The van der Waals surface area contributed by atoms with E-state index in [-0.39, 0.29) is 13.0 Å². The van der Waals surface area contributed by atoms with Crippen LogP contribution in [-0.2, 0) is 24.4 Å². The molecule has 0 unspecified atom stereocenters. The molecule has 1 aliphatic rings. The van der Waals surface area contributed by atoms with Crippen LogP contribution in [-0.4, -0.2) is 24.7 Å². The van der Waals surface area contributed by atoms with E-state index >= 15 is 0 Å². The fourth-order valence-electron chi connectivity index (χ4n) is 5.20. The Balaban J connectivity index is 1.49. The normalized spacial score (nSPS) is 13.6. The van der Waals surface area contributed by atoms with Gasteiger partial charge >= 0.3 is 5.97 Å². The van der Waals surface area contributed by atoms with Gasteiger partial charge in [-0.25, -0.2) is 0 Å². The minimum atomic E-state index is -0.920. The molecule has 7 heteroatoms. The zero-order valence-corrected chi connectivity index (χ0v) is 21.7. The molecule has 4 aromatic rings. The number of anilines is 1. The molecule has 38 heavy (non-hydrogen) atoms. The lowest BCUT2D eigenvalue weighted by Crippen LogP contribution is -2.11. The molecule has 0 amide bonds. The number of hydrogen-bond acceptors (Lipinski definition) is 6. The number of nitrogens with two attached hydrogens (primary N) is 1. The summed E-state index contributed by atoms with van der Waals surface area (Å²) in [6, 6.07) is 17.7. The Labute approximate surface area is 222 Å². The molecule has 1 aromatic heterocycles. The largest absolute Gasteiger partial charge is 0.497 e. The lowest BCUT2D eigenvalue weighted by Gasteiger charge is -2.15. The molecule has 0 bridgehead atoms. The van der Waals surface area contributed by atoms with E-state index in [9.17, 15) is 9.90 Å². The predicted molar refractivity (Wildman–Crippen MR) is 149 cm³/mol. The Hall–Kier alpha value is -3.97. The molecule has 0 saturated heterocycles. The van der Waals surface area contributed by atoms with Crippen molar-refractivity contribution in [3.05, 3.63) is 77.6 Å². The van der Waals surface area contributed by atoms with Crippen LogP contribution < -0.4 is 20.5 Å². The van der Waals surface area contributed by atoms with Crippen molar-refractivity contribution < 1.29 is 23.8 Å². The Morgan fingerprint density at radius 2 is 1.92 bits per heavy atom. The van der Waals surface area contributed by atoms with Crippen molar-refractivity contribution in [2.45, 2.75) is 45.3 Å². The summed E-state index contributed by atoms with van der Waals surface area (Å²) in [7, 11) is 1.57. The van der Waals surface area contributed by atoms with Crippen LogP contribution >= 0.6 is 0 Å². The van der Waals surface area contributed by atoms with Gasteiger partial charge < -0.3 is 30.0 Å². The smallest absolute Gasteiger partial charge is 0.307 e. The molecule has 7 nitrogen and oxygen atoms in total. The number of carboxylic acid groups (broad SMARTS) is 1. The monoisotopic (exact) mass is 514 g/mol. The molecular formula is C31H34N2O5. The number of aliphatic carboxylic acids is 1. The van der Waals surface area contributed by atoms with Crippen LogP contribution in [0.15, 0.2) is 65.3 Å². The summed E-state index contributed by atoms with van der Waals surface area (Å²) >= 11 is 0. The molecule has 3 aromatic carbocycles. The molecule has 1 heterocycles. The lowest BCUT2D eigenvalue weighted by molar-refractivity contribution is -0.136. The maximum atomic E-state index is 11.4. The van der Waals surface area contributed by atoms with Crippen molar-refractivity contribution >= 4 is 22.6 Å². The predicted octanol–water partition coefficient (Wildman–Crippen LogP) is 6.38. The number of fused-ring (bicyclic) bond motifs is 1. The minimum Gasteiger partial charge on any atom is -0.497 e. The Bertz CT molecular complexity index is 1420. The van der Waals surface area contributed by atoms with Gasteiger partial charge in [-0.15, -0.1) is 0 Å². The van der Waals surface area contributed by atoms with E-state index in [4.69, 9.17) is 19.6 Å². The molecule has 1 aliphatic carbocycles. The van der Waals surface area contributed by atoms with Crippen LogP contribution in [0.1, 0.15) is 42.4 Å². The summed E-state index contributed by atoms with van der Waals surface area (Å²) < 4.78 is 17.6. The van der Waals surface area contributed by atoms with E-state index in [1.807, 2.05) is 12.1 Å². The molecular weight excluding hydrogens is 480 g/mol. The fourth-order valence-corrected chi connectivity index (χ4v) is 5.20. The van der Waals surface area contributed by atoms with Gasteiger partial charge in [-0.3, -0.25) is 4.79 Å². The third-order valence-electron chi connectivity index (χ3n) is 7.31. The highest BCUT2D eigenvalue weighted by molar-refractivity contribution is 5.96. The van der Waals surface area contributed by atoms with Crippen LogP contribution in [0.4, 0.5) is 5.69 Å². The molecule has 1 fully saturated rings. The van der Waals surface area contributed by atoms with Crippen molar-refractivity contribution in [3.63, 3.8) is 0 Å². The number of furan rings is 1. The first-order chi connectivity index (χ1) is 18.5. The average Bonchev–Trinajstić information content (AvgIpc) is 3.61. The number of benzene rings is 3. The second kappa shape index (κ2) is 11.6. The van der Waals surface area contributed by atoms with Crippen LogP contribution in [0.2, 0.25) is 0 Å². The zero-order chi connectivity index (χ0) is 26.5. The summed E-state index contributed by atoms with van der Waals surface area (Å²) in [6.45, 7) is 1.62. The highest BCUT2D eigenvalue weighted by atomic mass is 16.5. The number of carboxylic acids is 1. The molecule has 0 radical (unpaired) electrons. The number of rotatable bonds is 11. The first kappa shape index (κ1) is 25.7. The maximum absolute atomic E-state index is 11.4. The average molecular weight is 515 g/mol. The third kappa shape index (κ3) is 5.78. The molecule has 5 rings (SSSR count). The molecule has 0 aliphatic heterocycles. The number of ether oxygens (including phenoxy) is 2. The van der Waals surface area contributed by atoms with E-state index in [0.717, 1.165) is 45.5 Å². The van der Waals surface area contributed by atoms with Crippen molar-refractivity contribution in [2.24, 2.45) is 11.7 Å². The fraction of sp³-hybridized carbons (Fsp3) is 0.323. The SMILES string of the molecule is COc1ccc(CC(=O)O)c(OCc2coc3c(NCC4CCCC4)cc(-c4cccc(CN)c4)cc23)c1. The molecule has 0 spiro atoms. The van der Waals surface area contributed by atoms with E-state index in [1.165, 1.54) is 25.7 Å². The third-order valence-corrected chi connectivity index (χ3v) is 7.31. The number of hydrogen-bond donors (Lipinski definition) is 3. The highest BCUT2D eigenvalue weighted by Gasteiger charge is 2.18. The minimum absolute atomic E-state index is 0.137. The Morgan fingerprint density at radius 1 is 1.08 bits per heavy atom. The van der Waals surface area contributed by atoms with Gasteiger partial charge in [0.1, 0.15) is 18.1 Å². The maximum Gasteiger partial charge on any atom is 0.307 e. The summed E-state index contributed by atoms with van der Waals surface area (Å²) in [5.41, 5.74) is 12.4. The van der Waals surface area contributed by atoms with Gasteiger partial charge in [0.15, 0.2) is 5.58 Å². The number of carbonyl (C=O) groups is 1. The topological polar surface area (TPSA) is 107 Å². The summed E-state index contributed by atoms with van der Waals surface area (Å²) in [6.07, 6.45) is 6.69. The van der Waals surface area contributed by atoms with Crippen molar-refractivity contribution in [2.75, 3.05) is 19.0 Å². The van der Waals surface area contributed by atoms with Crippen molar-refractivity contribution in [3.8, 4) is 22.6 Å². The van der Waals surface area contributed by atoms with Gasteiger partial charge in [-0.1, -0.05) is 37.1 Å². The molecule has 0 atom stereocenters. The molecule has 1 saturated carbocycles. The van der Waals surface area contributed by atoms with Crippen LogP contribution in [0.5, 0.6) is 11.5 Å². The first-order valence-corrected chi connectivity index (χ1v) is 13.1. The summed E-state index contributed by atoms with van der Waals surface area (Å²) in [5.74, 6) is 0.836. The van der Waals surface area contributed by atoms with E-state index in [0.29, 0.717) is 29.5 Å². The standard InChI is InChI=1S/C31H34N2O5/c1-36-26-10-9-23(14-30(34)35)29(15-26)37-18-25-19-38-31-27(25)12-24(22-8-4-7-21(11-22)16-32)13-28(31)33-17-20-5-2-3-6-20/h4,7-13,15,19-20,33H,2-3,5-6,14,16-18,32H2,1H3,(H,34,35).